The number of aryl methyl sites for hydroxylation is 1. The maximum absolute atomic E-state index is 5.39. The quantitative estimate of drug-likeness (QED) is 0.847. The monoisotopic (exact) mass is 286 g/mol. The molecule has 2 aromatic rings. The van der Waals surface area contributed by atoms with Crippen molar-refractivity contribution in [3.63, 3.8) is 0 Å². The minimum Gasteiger partial charge on any atom is -0.378 e. The number of unbranched alkanes of at least 4 members (excludes halogenated alkanes) is 1. The predicted octanol–water partition coefficient (Wildman–Crippen LogP) is 2.58. The molecule has 1 aromatic carbocycles. The summed E-state index contributed by atoms with van der Waals surface area (Å²) >= 11 is 0. The lowest BCUT2D eigenvalue weighted by Crippen LogP contribution is -2.36. The maximum Gasteiger partial charge on any atom is 0.158 e. The highest BCUT2D eigenvalue weighted by molar-refractivity contribution is 5.60. The van der Waals surface area contributed by atoms with Gasteiger partial charge in [0, 0.05) is 30.9 Å². The number of morpholine rings is 1. The van der Waals surface area contributed by atoms with Crippen LogP contribution in [-0.2, 0) is 11.3 Å². The Kier molecular flexibility index (Phi) is 4.50. The number of ether oxygens (including phenoxy) is 1. The van der Waals surface area contributed by atoms with Crippen LogP contribution in [0.25, 0.3) is 11.4 Å². The molecular formula is C16H22N4O. The fourth-order valence-electron chi connectivity index (χ4n) is 2.60. The minimum absolute atomic E-state index is 0.813. The Hall–Kier alpha value is -1.88. The van der Waals surface area contributed by atoms with Crippen molar-refractivity contribution in [3.05, 3.63) is 30.6 Å². The Morgan fingerprint density at radius 2 is 1.90 bits per heavy atom. The Balaban J connectivity index is 1.76. The molecule has 0 amide bonds. The third-order valence-electron chi connectivity index (χ3n) is 3.84. The summed E-state index contributed by atoms with van der Waals surface area (Å²) in [4.78, 5) is 6.76. The first-order chi connectivity index (χ1) is 10.4. The first-order valence-electron chi connectivity index (χ1n) is 7.69. The van der Waals surface area contributed by atoms with E-state index in [4.69, 9.17) is 4.74 Å². The number of rotatable bonds is 5. The van der Waals surface area contributed by atoms with Gasteiger partial charge in [0.05, 0.1) is 13.2 Å². The zero-order valence-corrected chi connectivity index (χ0v) is 12.5. The van der Waals surface area contributed by atoms with Gasteiger partial charge in [0.25, 0.3) is 0 Å². The second kappa shape index (κ2) is 6.72. The Bertz CT molecular complexity index is 558. The zero-order valence-electron chi connectivity index (χ0n) is 12.5. The molecule has 1 aliphatic rings. The van der Waals surface area contributed by atoms with Gasteiger partial charge in [0.2, 0.25) is 0 Å². The third-order valence-corrected chi connectivity index (χ3v) is 3.84. The number of aromatic nitrogens is 3. The van der Waals surface area contributed by atoms with Crippen LogP contribution in [0.2, 0.25) is 0 Å². The van der Waals surface area contributed by atoms with Crippen LogP contribution in [0.3, 0.4) is 0 Å². The van der Waals surface area contributed by atoms with Crippen molar-refractivity contribution in [1.82, 2.24) is 14.8 Å². The summed E-state index contributed by atoms with van der Waals surface area (Å²) in [5.74, 6) is 0.956. The first kappa shape index (κ1) is 14.1. The lowest BCUT2D eigenvalue weighted by atomic mass is 10.1. The van der Waals surface area contributed by atoms with E-state index in [2.05, 4.69) is 46.2 Å². The second-order valence-electron chi connectivity index (χ2n) is 5.31. The van der Waals surface area contributed by atoms with E-state index in [0.29, 0.717) is 0 Å². The van der Waals surface area contributed by atoms with Crippen LogP contribution >= 0.6 is 0 Å². The van der Waals surface area contributed by atoms with Gasteiger partial charge in [0.1, 0.15) is 6.33 Å². The predicted molar refractivity (Wildman–Crippen MR) is 83.4 cm³/mol. The van der Waals surface area contributed by atoms with Gasteiger partial charge in [-0.3, -0.25) is 0 Å². The van der Waals surface area contributed by atoms with Crippen molar-refractivity contribution in [2.45, 2.75) is 26.3 Å². The highest BCUT2D eigenvalue weighted by Gasteiger charge is 2.12. The van der Waals surface area contributed by atoms with E-state index < -0.39 is 0 Å². The summed E-state index contributed by atoms with van der Waals surface area (Å²) in [5, 5.41) is 4.32. The van der Waals surface area contributed by atoms with E-state index in [-0.39, 0.29) is 0 Å². The molecule has 0 bridgehead atoms. The molecule has 5 heteroatoms. The average molecular weight is 286 g/mol. The molecule has 1 saturated heterocycles. The number of hydrogen-bond donors (Lipinski definition) is 0. The molecule has 0 atom stereocenters. The van der Waals surface area contributed by atoms with Gasteiger partial charge in [-0.2, -0.15) is 5.10 Å². The van der Waals surface area contributed by atoms with Gasteiger partial charge in [-0.25, -0.2) is 9.67 Å². The standard InChI is InChI=1S/C16H22N4O/c1-2-3-8-20-16(17-13-18-20)14-4-6-15(7-5-14)19-9-11-21-12-10-19/h4-7,13H,2-3,8-12H2,1H3. The van der Waals surface area contributed by atoms with Crippen LogP contribution in [0, 0.1) is 0 Å². The van der Waals surface area contributed by atoms with Crippen LogP contribution in [0.5, 0.6) is 0 Å². The Morgan fingerprint density at radius 1 is 1.14 bits per heavy atom. The molecule has 0 unspecified atom stereocenters. The van der Waals surface area contributed by atoms with Gasteiger partial charge < -0.3 is 9.64 Å². The first-order valence-corrected chi connectivity index (χ1v) is 7.69. The average Bonchev–Trinajstić information content (AvgIpc) is 3.02. The molecule has 0 aliphatic carbocycles. The molecule has 0 saturated carbocycles. The molecule has 1 fully saturated rings. The smallest absolute Gasteiger partial charge is 0.158 e. The second-order valence-corrected chi connectivity index (χ2v) is 5.31. The van der Waals surface area contributed by atoms with Gasteiger partial charge in [-0.1, -0.05) is 13.3 Å². The van der Waals surface area contributed by atoms with Crippen LogP contribution in [-0.4, -0.2) is 41.1 Å². The third kappa shape index (κ3) is 3.24. The van der Waals surface area contributed by atoms with Crippen LogP contribution < -0.4 is 4.90 Å². The molecule has 5 nitrogen and oxygen atoms in total. The van der Waals surface area contributed by atoms with E-state index in [1.54, 1.807) is 6.33 Å². The van der Waals surface area contributed by atoms with Crippen molar-refractivity contribution in [3.8, 4) is 11.4 Å². The van der Waals surface area contributed by atoms with Crippen molar-refractivity contribution in [2.24, 2.45) is 0 Å². The summed E-state index contributed by atoms with van der Waals surface area (Å²) in [6.45, 7) is 6.67. The molecule has 21 heavy (non-hydrogen) atoms. The fourth-order valence-corrected chi connectivity index (χ4v) is 2.60. The molecule has 0 radical (unpaired) electrons. The number of benzene rings is 1. The van der Waals surface area contributed by atoms with Crippen molar-refractivity contribution in [2.75, 3.05) is 31.2 Å². The van der Waals surface area contributed by atoms with E-state index >= 15 is 0 Å². The normalized spacial score (nSPS) is 15.4. The largest absolute Gasteiger partial charge is 0.378 e. The van der Waals surface area contributed by atoms with E-state index in [0.717, 1.165) is 57.1 Å². The minimum atomic E-state index is 0.813. The lowest BCUT2D eigenvalue weighted by Gasteiger charge is -2.28. The van der Waals surface area contributed by atoms with E-state index in [1.165, 1.54) is 5.69 Å². The van der Waals surface area contributed by atoms with E-state index in [1.807, 2.05) is 4.68 Å². The molecular weight excluding hydrogens is 264 g/mol. The zero-order chi connectivity index (χ0) is 14.5. The molecule has 1 aliphatic heterocycles. The lowest BCUT2D eigenvalue weighted by molar-refractivity contribution is 0.122. The van der Waals surface area contributed by atoms with Gasteiger partial charge in [-0.15, -0.1) is 0 Å². The fraction of sp³-hybridized carbons (Fsp3) is 0.500. The topological polar surface area (TPSA) is 43.2 Å². The Morgan fingerprint density at radius 3 is 2.62 bits per heavy atom. The molecule has 0 N–H and O–H groups in total. The van der Waals surface area contributed by atoms with Crippen molar-refractivity contribution < 1.29 is 4.74 Å². The molecule has 3 rings (SSSR count). The number of anilines is 1. The summed E-state index contributed by atoms with van der Waals surface area (Å²) in [5.41, 5.74) is 2.38. The van der Waals surface area contributed by atoms with Gasteiger partial charge >= 0.3 is 0 Å². The Labute approximate surface area is 125 Å². The highest BCUT2D eigenvalue weighted by Crippen LogP contribution is 2.22. The van der Waals surface area contributed by atoms with Crippen LogP contribution in [0.15, 0.2) is 30.6 Å². The van der Waals surface area contributed by atoms with E-state index in [9.17, 15) is 0 Å². The van der Waals surface area contributed by atoms with Gasteiger partial charge in [0.15, 0.2) is 5.82 Å². The highest BCUT2D eigenvalue weighted by atomic mass is 16.5. The molecule has 0 spiro atoms. The number of hydrogen-bond acceptors (Lipinski definition) is 4. The van der Waals surface area contributed by atoms with Crippen molar-refractivity contribution >= 4 is 5.69 Å². The maximum atomic E-state index is 5.39. The summed E-state index contributed by atoms with van der Waals surface area (Å²) in [7, 11) is 0. The van der Waals surface area contributed by atoms with Crippen LogP contribution in [0.1, 0.15) is 19.8 Å². The molecule has 1 aromatic heterocycles. The molecule has 2 heterocycles. The summed E-state index contributed by atoms with van der Waals surface area (Å²) in [6, 6.07) is 8.60. The number of nitrogens with zero attached hydrogens (tertiary/aromatic N) is 4. The molecule has 112 valence electrons. The van der Waals surface area contributed by atoms with Crippen LogP contribution in [0.4, 0.5) is 5.69 Å². The SMILES string of the molecule is CCCCn1ncnc1-c1ccc(N2CCOCC2)cc1. The summed E-state index contributed by atoms with van der Waals surface area (Å²) < 4.78 is 7.39. The van der Waals surface area contributed by atoms with Crippen molar-refractivity contribution in [1.29, 1.82) is 0 Å². The summed E-state index contributed by atoms with van der Waals surface area (Å²) in [6.07, 6.45) is 3.93. The van der Waals surface area contributed by atoms with Gasteiger partial charge in [-0.05, 0) is 30.7 Å².